The summed E-state index contributed by atoms with van der Waals surface area (Å²) in [4.78, 5) is 11.9. The zero-order valence-electron chi connectivity index (χ0n) is 15.5. The quantitative estimate of drug-likeness (QED) is 0.521. The van der Waals surface area contributed by atoms with Crippen LogP contribution in [-0.4, -0.2) is 18.7 Å². The van der Waals surface area contributed by atoms with E-state index < -0.39 is 0 Å². The molecule has 3 aromatic rings. The van der Waals surface area contributed by atoms with Crippen molar-refractivity contribution in [3.63, 3.8) is 0 Å². The second-order valence-electron chi connectivity index (χ2n) is 6.34. The number of nitrogens with one attached hydrogen (secondary N) is 1. The van der Waals surface area contributed by atoms with Crippen molar-refractivity contribution in [2.75, 3.05) is 6.61 Å². The first-order valence-electron chi connectivity index (χ1n) is 8.79. The number of benzene rings is 3. The molecule has 27 heavy (non-hydrogen) atoms. The average Bonchev–Trinajstić information content (AvgIpc) is 2.68. The maximum Gasteiger partial charge on any atom is 0.277 e. The van der Waals surface area contributed by atoms with E-state index in [0.29, 0.717) is 5.75 Å². The lowest BCUT2D eigenvalue weighted by atomic mass is 10.0. The van der Waals surface area contributed by atoms with Gasteiger partial charge in [-0.2, -0.15) is 5.10 Å². The van der Waals surface area contributed by atoms with Crippen LogP contribution < -0.4 is 10.2 Å². The molecule has 0 unspecified atom stereocenters. The van der Waals surface area contributed by atoms with Crippen LogP contribution in [0, 0.1) is 13.8 Å². The van der Waals surface area contributed by atoms with Crippen molar-refractivity contribution < 1.29 is 9.53 Å². The molecule has 0 aliphatic rings. The first-order chi connectivity index (χ1) is 13.1. The van der Waals surface area contributed by atoms with Gasteiger partial charge in [-0.05, 0) is 42.2 Å². The molecule has 136 valence electrons. The molecule has 0 saturated carbocycles. The van der Waals surface area contributed by atoms with Crippen LogP contribution in [0.5, 0.6) is 5.75 Å². The number of ether oxygens (including phenoxy) is 1. The highest BCUT2D eigenvalue weighted by Crippen LogP contribution is 2.19. The van der Waals surface area contributed by atoms with Gasteiger partial charge in [-0.1, -0.05) is 72.3 Å². The molecule has 0 saturated heterocycles. The van der Waals surface area contributed by atoms with Crippen LogP contribution in [0.25, 0.3) is 11.1 Å². The largest absolute Gasteiger partial charge is 0.483 e. The summed E-state index contributed by atoms with van der Waals surface area (Å²) in [5.74, 6) is 0.406. The molecule has 0 spiro atoms. The lowest BCUT2D eigenvalue weighted by molar-refractivity contribution is -0.123. The van der Waals surface area contributed by atoms with Gasteiger partial charge in [-0.25, -0.2) is 5.43 Å². The molecule has 0 atom stereocenters. The smallest absolute Gasteiger partial charge is 0.277 e. The van der Waals surface area contributed by atoms with Crippen molar-refractivity contribution in [2.24, 2.45) is 5.10 Å². The van der Waals surface area contributed by atoms with Crippen molar-refractivity contribution >= 4 is 12.1 Å². The van der Waals surface area contributed by atoms with E-state index in [2.05, 4.69) is 22.7 Å². The predicted molar refractivity (Wildman–Crippen MR) is 109 cm³/mol. The van der Waals surface area contributed by atoms with Crippen LogP contribution in [0.2, 0.25) is 0 Å². The Balaban J connectivity index is 1.50. The normalized spacial score (nSPS) is 10.7. The fourth-order valence-electron chi connectivity index (χ4n) is 2.71. The van der Waals surface area contributed by atoms with E-state index in [1.54, 1.807) is 6.21 Å². The lowest BCUT2D eigenvalue weighted by Gasteiger charge is -2.08. The Kier molecular flexibility index (Phi) is 6.00. The molecule has 0 bridgehead atoms. The van der Waals surface area contributed by atoms with E-state index >= 15 is 0 Å². The van der Waals surface area contributed by atoms with Gasteiger partial charge in [0.15, 0.2) is 6.61 Å². The number of aryl methyl sites for hydroxylation is 2. The van der Waals surface area contributed by atoms with Crippen molar-refractivity contribution in [3.8, 4) is 16.9 Å². The second-order valence-corrected chi connectivity index (χ2v) is 6.34. The minimum Gasteiger partial charge on any atom is -0.483 e. The third-order valence-corrected chi connectivity index (χ3v) is 4.11. The Morgan fingerprint density at radius 2 is 1.67 bits per heavy atom. The third kappa shape index (κ3) is 5.28. The average molecular weight is 358 g/mol. The van der Waals surface area contributed by atoms with Crippen molar-refractivity contribution in [1.82, 2.24) is 5.43 Å². The molecule has 0 radical (unpaired) electrons. The standard InChI is InChI=1S/C23H22N2O2/c1-17-8-13-22(18(2)14-17)27-16-23(26)25-24-15-19-9-11-21(12-10-19)20-6-4-3-5-7-20/h3-15H,16H2,1-2H3,(H,25,26). The van der Waals surface area contributed by atoms with Crippen LogP contribution in [0.1, 0.15) is 16.7 Å². The van der Waals surface area contributed by atoms with Gasteiger partial charge in [0.2, 0.25) is 0 Å². The Morgan fingerprint density at radius 3 is 2.37 bits per heavy atom. The Bertz CT molecular complexity index is 932. The molecular formula is C23H22N2O2. The molecule has 0 aliphatic carbocycles. The molecule has 1 N–H and O–H groups in total. The molecule has 0 aliphatic heterocycles. The first kappa shape index (κ1) is 18.4. The van der Waals surface area contributed by atoms with Crippen LogP contribution in [0.4, 0.5) is 0 Å². The molecular weight excluding hydrogens is 336 g/mol. The number of carbonyl (C=O) groups excluding carboxylic acids is 1. The zero-order valence-corrected chi connectivity index (χ0v) is 15.5. The van der Waals surface area contributed by atoms with E-state index in [0.717, 1.165) is 27.8 Å². The number of hydrogen-bond acceptors (Lipinski definition) is 3. The highest BCUT2D eigenvalue weighted by Gasteiger charge is 2.04. The number of hydrogen-bond donors (Lipinski definition) is 1. The summed E-state index contributed by atoms with van der Waals surface area (Å²) in [7, 11) is 0. The van der Waals surface area contributed by atoms with E-state index in [-0.39, 0.29) is 12.5 Å². The fourth-order valence-corrected chi connectivity index (χ4v) is 2.71. The number of amides is 1. The maximum atomic E-state index is 11.9. The first-order valence-corrected chi connectivity index (χ1v) is 8.79. The van der Waals surface area contributed by atoms with Crippen molar-refractivity contribution in [1.29, 1.82) is 0 Å². The lowest BCUT2D eigenvalue weighted by Crippen LogP contribution is -2.24. The summed E-state index contributed by atoms with van der Waals surface area (Å²) in [5.41, 5.74) is 7.86. The monoisotopic (exact) mass is 358 g/mol. The van der Waals surface area contributed by atoms with Gasteiger partial charge in [0.1, 0.15) is 5.75 Å². The zero-order chi connectivity index (χ0) is 19.1. The number of hydrazone groups is 1. The van der Waals surface area contributed by atoms with Crippen LogP contribution in [0.3, 0.4) is 0 Å². The topological polar surface area (TPSA) is 50.7 Å². The minimum absolute atomic E-state index is 0.0752. The molecule has 4 nitrogen and oxygen atoms in total. The van der Waals surface area contributed by atoms with E-state index in [1.165, 1.54) is 0 Å². The summed E-state index contributed by atoms with van der Waals surface area (Å²) in [6.45, 7) is 3.90. The molecule has 1 amide bonds. The Morgan fingerprint density at radius 1 is 0.963 bits per heavy atom. The van der Waals surface area contributed by atoms with E-state index in [4.69, 9.17) is 4.74 Å². The summed E-state index contributed by atoms with van der Waals surface area (Å²) >= 11 is 0. The van der Waals surface area contributed by atoms with Gasteiger partial charge >= 0.3 is 0 Å². The van der Waals surface area contributed by atoms with Crippen molar-refractivity contribution in [2.45, 2.75) is 13.8 Å². The van der Waals surface area contributed by atoms with Crippen molar-refractivity contribution in [3.05, 3.63) is 89.5 Å². The summed E-state index contributed by atoms with van der Waals surface area (Å²) in [6.07, 6.45) is 1.61. The van der Waals surface area contributed by atoms with E-state index in [9.17, 15) is 4.79 Å². The summed E-state index contributed by atoms with van der Waals surface area (Å²) in [6, 6.07) is 24.0. The minimum atomic E-state index is -0.299. The fraction of sp³-hybridized carbons (Fsp3) is 0.130. The van der Waals surface area contributed by atoms with Gasteiger partial charge in [0, 0.05) is 0 Å². The second kappa shape index (κ2) is 8.81. The van der Waals surface area contributed by atoms with Crippen LogP contribution in [0.15, 0.2) is 77.9 Å². The van der Waals surface area contributed by atoms with Gasteiger partial charge in [0.05, 0.1) is 6.21 Å². The van der Waals surface area contributed by atoms with Crippen LogP contribution in [-0.2, 0) is 4.79 Å². The highest BCUT2D eigenvalue weighted by molar-refractivity contribution is 5.83. The van der Waals surface area contributed by atoms with Gasteiger partial charge < -0.3 is 4.74 Å². The molecule has 3 rings (SSSR count). The highest BCUT2D eigenvalue weighted by atomic mass is 16.5. The number of carbonyl (C=O) groups is 1. The molecule has 3 aromatic carbocycles. The predicted octanol–water partition coefficient (Wildman–Crippen LogP) is 4.50. The summed E-state index contributed by atoms with van der Waals surface area (Å²) < 4.78 is 5.54. The van der Waals surface area contributed by atoms with Gasteiger partial charge in [0.25, 0.3) is 5.91 Å². The van der Waals surface area contributed by atoms with Crippen LogP contribution >= 0.6 is 0 Å². The van der Waals surface area contributed by atoms with Gasteiger partial charge in [-0.15, -0.1) is 0 Å². The van der Waals surface area contributed by atoms with E-state index in [1.807, 2.05) is 74.5 Å². The molecule has 0 heterocycles. The molecule has 0 aromatic heterocycles. The Labute approximate surface area is 159 Å². The SMILES string of the molecule is Cc1ccc(OCC(=O)NN=Cc2ccc(-c3ccccc3)cc2)c(C)c1. The van der Waals surface area contributed by atoms with Gasteiger partial charge in [-0.3, -0.25) is 4.79 Å². The Hall–Kier alpha value is -3.40. The number of rotatable bonds is 6. The third-order valence-electron chi connectivity index (χ3n) is 4.11. The molecule has 0 fully saturated rings. The summed E-state index contributed by atoms with van der Waals surface area (Å²) in [5, 5.41) is 3.99. The number of nitrogens with zero attached hydrogens (tertiary/aromatic N) is 1. The molecule has 4 heteroatoms. The maximum absolute atomic E-state index is 11.9.